The van der Waals surface area contributed by atoms with Crippen LogP contribution in [0.25, 0.3) is 0 Å². The zero-order valence-electron chi connectivity index (χ0n) is 11.5. The lowest BCUT2D eigenvalue weighted by Gasteiger charge is -2.31. The van der Waals surface area contributed by atoms with E-state index in [4.69, 9.17) is 22.1 Å². The maximum atomic E-state index is 11.9. The minimum atomic E-state index is -0.102. The summed E-state index contributed by atoms with van der Waals surface area (Å²) < 4.78 is 5.43. The number of rotatable bonds is 5. The third-order valence-electron chi connectivity index (χ3n) is 3.72. The second-order valence-corrected chi connectivity index (χ2v) is 5.64. The largest absolute Gasteiger partial charge is 0.484 e. The summed E-state index contributed by atoms with van der Waals surface area (Å²) in [6.07, 6.45) is 4.45. The standard InChI is InChI=1S/C15H21ClN2O2/c16-12-5-3-6-13(8-12)20-10-15(19)18-14-7-2-1-4-11(14)9-17/h3,5-6,8,11,14H,1-2,4,7,9-10,17H2,(H,18,19). The molecule has 1 aliphatic rings. The molecule has 0 bridgehead atoms. The molecule has 20 heavy (non-hydrogen) atoms. The lowest BCUT2D eigenvalue weighted by atomic mass is 9.84. The van der Waals surface area contributed by atoms with Crippen LogP contribution >= 0.6 is 11.6 Å². The van der Waals surface area contributed by atoms with Crippen molar-refractivity contribution in [3.8, 4) is 5.75 Å². The Morgan fingerprint density at radius 2 is 2.20 bits per heavy atom. The van der Waals surface area contributed by atoms with Gasteiger partial charge in [0.05, 0.1) is 0 Å². The van der Waals surface area contributed by atoms with Crippen molar-refractivity contribution >= 4 is 17.5 Å². The molecule has 0 radical (unpaired) electrons. The number of carbonyl (C=O) groups is 1. The number of halogens is 1. The Morgan fingerprint density at radius 3 is 2.95 bits per heavy atom. The lowest BCUT2D eigenvalue weighted by Crippen LogP contribution is -2.46. The monoisotopic (exact) mass is 296 g/mol. The van der Waals surface area contributed by atoms with E-state index in [2.05, 4.69) is 5.32 Å². The summed E-state index contributed by atoms with van der Waals surface area (Å²) in [6, 6.07) is 7.22. The Hall–Kier alpha value is -1.26. The van der Waals surface area contributed by atoms with E-state index in [1.165, 1.54) is 6.42 Å². The number of hydrogen-bond acceptors (Lipinski definition) is 3. The average Bonchev–Trinajstić information content (AvgIpc) is 2.46. The van der Waals surface area contributed by atoms with Gasteiger partial charge in [0, 0.05) is 11.1 Å². The predicted molar refractivity (Wildman–Crippen MR) is 79.9 cm³/mol. The fraction of sp³-hybridized carbons (Fsp3) is 0.533. The highest BCUT2D eigenvalue weighted by molar-refractivity contribution is 6.30. The number of ether oxygens (including phenoxy) is 1. The van der Waals surface area contributed by atoms with Crippen molar-refractivity contribution in [2.45, 2.75) is 31.7 Å². The first-order valence-corrected chi connectivity index (χ1v) is 7.44. The zero-order valence-corrected chi connectivity index (χ0v) is 12.2. The molecule has 4 nitrogen and oxygen atoms in total. The normalized spacial score (nSPS) is 22.3. The van der Waals surface area contributed by atoms with Gasteiger partial charge in [0.25, 0.3) is 5.91 Å². The third kappa shape index (κ3) is 4.39. The first-order chi connectivity index (χ1) is 9.69. The van der Waals surface area contributed by atoms with Crippen LogP contribution in [0.3, 0.4) is 0 Å². The van der Waals surface area contributed by atoms with Crippen molar-refractivity contribution in [2.24, 2.45) is 11.7 Å². The Morgan fingerprint density at radius 1 is 1.40 bits per heavy atom. The number of nitrogens with two attached hydrogens (primary N) is 1. The quantitative estimate of drug-likeness (QED) is 0.876. The predicted octanol–water partition coefficient (Wildman–Crippen LogP) is 2.35. The zero-order chi connectivity index (χ0) is 14.4. The number of benzene rings is 1. The maximum Gasteiger partial charge on any atom is 0.258 e. The highest BCUT2D eigenvalue weighted by Crippen LogP contribution is 2.23. The van der Waals surface area contributed by atoms with Crippen molar-refractivity contribution in [3.05, 3.63) is 29.3 Å². The fourth-order valence-corrected chi connectivity index (χ4v) is 2.81. The summed E-state index contributed by atoms with van der Waals surface area (Å²) in [4.78, 5) is 11.9. The van der Waals surface area contributed by atoms with Gasteiger partial charge < -0.3 is 15.8 Å². The second kappa shape index (κ2) is 7.50. The van der Waals surface area contributed by atoms with Crippen LogP contribution in [0.5, 0.6) is 5.75 Å². The molecule has 0 spiro atoms. The number of amides is 1. The average molecular weight is 297 g/mol. The van der Waals surface area contributed by atoms with Crippen molar-refractivity contribution in [1.82, 2.24) is 5.32 Å². The van der Waals surface area contributed by atoms with Gasteiger partial charge in [-0.3, -0.25) is 4.79 Å². The molecule has 0 heterocycles. The molecular weight excluding hydrogens is 276 g/mol. The van der Waals surface area contributed by atoms with E-state index in [0.717, 1.165) is 19.3 Å². The molecule has 2 atom stereocenters. The van der Waals surface area contributed by atoms with Gasteiger partial charge in [-0.1, -0.05) is 30.5 Å². The molecule has 1 amide bonds. The van der Waals surface area contributed by atoms with Crippen LogP contribution in [0.2, 0.25) is 5.02 Å². The lowest BCUT2D eigenvalue weighted by molar-refractivity contribution is -0.124. The van der Waals surface area contributed by atoms with Crippen LogP contribution in [-0.2, 0) is 4.79 Å². The number of carbonyl (C=O) groups excluding carboxylic acids is 1. The molecule has 2 rings (SSSR count). The van der Waals surface area contributed by atoms with Crippen molar-refractivity contribution in [3.63, 3.8) is 0 Å². The summed E-state index contributed by atoms with van der Waals surface area (Å²) in [6.45, 7) is 0.633. The van der Waals surface area contributed by atoms with Crippen LogP contribution < -0.4 is 15.8 Å². The number of hydrogen-bond donors (Lipinski definition) is 2. The van der Waals surface area contributed by atoms with E-state index < -0.39 is 0 Å². The van der Waals surface area contributed by atoms with Gasteiger partial charge in [0.2, 0.25) is 0 Å². The van der Waals surface area contributed by atoms with Gasteiger partial charge in [-0.25, -0.2) is 0 Å². The minimum Gasteiger partial charge on any atom is -0.484 e. The van der Waals surface area contributed by atoms with Gasteiger partial charge >= 0.3 is 0 Å². The van der Waals surface area contributed by atoms with E-state index in [-0.39, 0.29) is 18.6 Å². The molecule has 5 heteroatoms. The molecule has 1 aromatic carbocycles. The molecule has 1 saturated carbocycles. The summed E-state index contributed by atoms with van der Waals surface area (Å²) in [5.41, 5.74) is 5.75. The van der Waals surface area contributed by atoms with Crippen molar-refractivity contribution in [1.29, 1.82) is 0 Å². The van der Waals surface area contributed by atoms with Crippen LogP contribution in [0, 0.1) is 5.92 Å². The first-order valence-electron chi connectivity index (χ1n) is 7.07. The SMILES string of the molecule is NCC1CCCCC1NC(=O)COc1cccc(Cl)c1. The van der Waals surface area contributed by atoms with Crippen LogP contribution in [0.4, 0.5) is 0 Å². The van der Waals surface area contributed by atoms with Crippen LogP contribution in [0.1, 0.15) is 25.7 Å². The van der Waals surface area contributed by atoms with Gasteiger partial charge in [-0.05, 0) is 43.5 Å². The van der Waals surface area contributed by atoms with Crippen LogP contribution in [0.15, 0.2) is 24.3 Å². The van der Waals surface area contributed by atoms with Gasteiger partial charge in [-0.15, -0.1) is 0 Å². The van der Waals surface area contributed by atoms with Crippen molar-refractivity contribution < 1.29 is 9.53 Å². The molecular formula is C15H21ClN2O2. The van der Waals surface area contributed by atoms with E-state index in [1.807, 2.05) is 0 Å². The Balaban J connectivity index is 1.80. The van der Waals surface area contributed by atoms with Gasteiger partial charge in [-0.2, -0.15) is 0 Å². The minimum absolute atomic E-state index is 0.00807. The molecule has 110 valence electrons. The molecule has 1 fully saturated rings. The summed E-state index contributed by atoms with van der Waals surface area (Å²) in [5, 5.41) is 3.62. The Bertz CT molecular complexity index is 453. The smallest absolute Gasteiger partial charge is 0.258 e. The molecule has 0 aromatic heterocycles. The molecule has 3 N–H and O–H groups in total. The highest BCUT2D eigenvalue weighted by atomic mass is 35.5. The first kappa shape index (κ1) is 15.1. The van der Waals surface area contributed by atoms with Gasteiger partial charge in [0.15, 0.2) is 6.61 Å². The molecule has 1 aromatic rings. The topological polar surface area (TPSA) is 64.3 Å². The van der Waals surface area contributed by atoms with E-state index >= 15 is 0 Å². The summed E-state index contributed by atoms with van der Waals surface area (Å²) in [5.74, 6) is 0.890. The second-order valence-electron chi connectivity index (χ2n) is 5.20. The third-order valence-corrected chi connectivity index (χ3v) is 3.96. The maximum absolute atomic E-state index is 11.9. The highest BCUT2D eigenvalue weighted by Gasteiger charge is 2.25. The Kier molecular flexibility index (Phi) is 5.68. The van der Waals surface area contributed by atoms with Gasteiger partial charge in [0.1, 0.15) is 5.75 Å². The number of nitrogens with one attached hydrogen (secondary N) is 1. The molecule has 2 unspecified atom stereocenters. The van der Waals surface area contributed by atoms with E-state index in [0.29, 0.717) is 23.2 Å². The summed E-state index contributed by atoms with van der Waals surface area (Å²) in [7, 11) is 0. The van der Waals surface area contributed by atoms with Crippen LogP contribution in [-0.4, -0.2) is 25.1 Å². The Labute approximate surface area is 124 Å². The summed E-state index contributed by atoms with van der Waals surface area (Å²) >= 11 is 5.86. The van der Waals surface area contributed by atoms with E-state index in [9.17, 15) is 4.79 Å². The molecule has 0 saturated heterocycles. The van der Waals surface area contributed by atoms with E-state index in [1.54, 1.807) is 24.3 Å². The molecule has 0 aliphatic heterocycles. The molecule has 1 aliphatic carbocycles. The van der Waals surface area contributed by atoms with Crippen molar-refractivity contribution in [2.75, 3.05) is 13.2 Å². The fourth-order valence-electron chi connectivity index (χ4n) is 2.63.